The normalized spacial score (nSPS) is 13.8. The highest BCUT2D eigenvalue weighted by Crippen LogP contribution is 2.55. The largest absolute Gasteiger partial charge is 0.507 e. The van der Waals surface area contributed by atoms with Crippen LogP contribution in [-0.2, 0) is 14.9 Å². The summed E-state index contributed by atoms with van der Waals surface area (Å²) < 4.78 is 33.9. The molecule has 3 rings (SSSR count). The third-order valence-corrected chi connectivity index (χ3v) is 7.30. The van der Waals surface area contributed by atoms with E-state index >= 15 is 0 Å². The minimum Gasteiger partial charge on any atom is -0.507 e. The Morgan fingerprint density at radius 2 is 1.31 bits per heavy atom. The summed E-state index contributed by atoms with van der Waals surface area (Å²) >= 11 is 24.7. The molecule has 1 atom stereocenters. The van der Waals surface area contributed by atoms with Gasteiger partial charge in [0.2, 0.25) is 0 Å². The number of aromatic hydroxyl groups is 2. The fraction of sp³-hybridized carbons (Fsp3) is 0.0526. The van der Waals surface area contributed by atoms with Crippen LogP contribution in [0.5, 0.6) is 11.5 Å². The first-order valence-electron chi connectivity index (χ1n) is 7.91. The van der Waals surface area contributed by atoms with E-state index in [9.17, 15) is 23.2 Å². The lowest BCUT2D eigenvalue weighted by atomic mass is 9.82. The lowest BCUT2D eigenvalue weighted by Crippen LogP contribution is -2.39. The summed E-state index contributed by atoms with van der Waals surface area (Å²) in [5.74, 6) is -1.44. The van der Waals surface area contributed by atoms with Crippen molar-refractivity contribution in [2.24, 2.45) is 0 Å². The first-order valence-corrected chi connectivity index (χ1v) is 10.9. The van der Waals surface area contributed by atoms with Crippen molar-refractivity contribution >= 4 is 56.5 Å². The van der Waals surface area contributed by atoms with Crippen LogP contribution in [-0.4, -0.2) is 23.2 Å². The highest BCUT2D eigenvalue weighted by molar-refractivity contribution is 7.87. The Morgan fingerprint density at radius 3 is 1.93 bits per heavy atom. The van der Waals surface area contributed by atoms with Gasteiger partial charge in [-0.05, 0) is 24.3 Å². The molecule has 10 heteroatoms. The zero-order chi connectivity index (χ0) is 21.6. The van der Waals surface area contributed by atoms with Gasteiger partial charge in [-0.25, -0.2) is 0 Å². The molecule has 0 spiro atoms. The molecule has 0 saturated carbocycles. The number of phenols is 2. The molecule has 0 radical (unpaired) electrons. The summed E-state index contributed by atoms with van der Waals surface area (Å²) in [6.45, 7) is 0. The van der Waals surface area contributed by atoms with E-state index in [0.717, 1.165) is 12.1 Å². The van der Waals surface area contributed by atoms with Crippen LogP contribution in [0.4, 0.5) is 0 Å². The Hall–Kier alpha value is -1.67. The second kappa shape index (κ2) is 7.87. The van der Waals surface area contributed by atoms with Crippen LogP contribution >= 0.6 is 46.4 Å². The van der Waals surface area contributed by atoms with Gasteiger partial charge in [-0.3, -0.25) is 4.55 Å². The minimum absolute atomic E-state index is 0.0229. The predicted octanol–water partition coefficient (Wildman–Crippen LogP) is 5.89. The van der Waals surface area contributed by atoms with E-state index in [0.29, 0.717) is 0 Å². The molecule has 3 aromatic carbocycles. The van der Waals surface area contributed by atoms with Gasteiger partial charge in [0, 0.05) is 16.1 Å². The van der Waals surface area contributed by atoms with Crippen molar-refractivity contribution in [3.05, 3.63) is 91.4 Å². The van der Waals surface area contributed by atoms with Crippen molar-refractivity contribution in [2.75, 3.05) is 0 Å². The van der Waals surface area contributed by atoms with Crippen LogP contribution in [0.15, 0.2) is 54.6 Å². The van der Waals surface area contributed by atoms with E-state index in [4.69, 9.17) is 46.4 Å². The molecule has 0 heterocycles. The summed E-state index contributed by atoms with van der Waals surface area (Å²) in [6.07, 6.45) is 0. The summed E-state index contributed by atoms with van der Waals surface area (Å²) in [7, 11) is -5.22. The van der Waals surface area contributed by atoms with Crippen molar-refractivity contribution in [1.29, 1.82) is 0 Å². The predicted molar refractivity (Wildman–Crippen MR) is 114 cm³/mol. The molecule has 3 N–H and O–H groups in total. The summed E-state index contributed by atoms with van der Waals surface area (Å²) in [6, 6.07) is 12.0. The third kappa shape index (κ3) is 3.44. The summed E-state index contributed by atoms with van der Waals surface area (Å²) in [5, 5.41) is 20.6. The molecule has 0 aromatic heterocycles. The molecule has 5 nitrogen and oxygen atoms in total. The van der Waals surface area contributed by atoms with Gasteiger partial charge in [-0.1, -0.05) is 76.7 Å². The Bertz CT molecular complexity index is 1210. The first-order chi connectivity index (χ1) is 13.5. The highest BCUT2D eigenvalue weighted by atomic mass is 35.5. The molecule has 0 bridgehead atoms. The van der Waals surface area contributed by atoms with Crippen LogP contribution in [0.25, 0.3) is 0 Å². The quantitative estimate of drug-likeness (QED) is 0.311. The SMILES string of the molecule is O=S(=O)(O)C(c1ccccc1Cl)(c1cccc(Cl)c1Cl)c1c(O)ccc(Cl)c1O. The minimum atomic E-state index is -5.22. The average Bonchev–Trinajstić information content (AvgIpc) is 2.64. The van der Waals surface area contributed by atoms with Crippen molar-refractivity contribution in [2.45, 2.75) is 4.75 Å². The van der Waals surface area contributed by atoms with E-state index in [1.807, 2.05) is 0 Å². The van der Waals surface area contributed by atoms with Crippen molar-refractivity contribution in [3.63, 3.8) is 0 Å². The van der Waals surface area contributed by atoms with Gasteiger partial charge < -0.3 is 10.2 Å². The lowest BCUT2D eigenvalue weighted by molar-refractivity contribution is 0.416. The molecule has 0 fully saturated rings. The average molecular weight is 494 g/mol. The molecule has 3 aromatic rings. The zero-order valence-electron chi connectivity index (χ0n) is 14.3. The number of rotatable bonds is 4. The van der Waals surface area contributed by atoms with E-state index in [-0.39, 0.29) is 31.2 Å². The van der Waals surface area contributed by atoms with Crippen LogP contribution < -0.4 is 0 Å². The van der Waals surface area contributed by atoms with E-state index in [1.165, 1.54) is 42.5 Å². The van der Waals surface area contributed by atoms with E-state index in [1.54, 1.807) is 0 Å². The van der Waals surface area contributed by atoms with Gasteiger partial charge in [-0.2, -0.15) is 8.42 Å². The molecule has 152 valence electrons. The summed E-state index contributed by atoms with van der Waals surface area (Å²) in [5.41, 5.74) is -1.04. The number of phenolic OH excluding ortho intramolecular Hbond substituents is 2. The van der Waals surface area contributed by atoms with Gasteiger partial charge in [0.1, 0.15) is 11.5 Å². The second-order valence-electron chi connectivity index (χ2n) is 6.03. The fourth-order valence-corrected chi connectivity index (χ4v) is 5.60. The van der Waals surface area contributed by atoms with Crippen molar-refractivity contribution < 1.29 is 23.2 Å². The molecule has 0 saturated heterocycles. The van der Waals surface area contributed by atoms with E-state index < -0.39 is 31.9 Å². The maximum atomic E-state index is 13.0. The van der Waals surface area contributed by atoms with Gasteiger partial charge in [0.15, 0.2) is 4.75 Å². The van der Waals surface area contributed by atoms with Gasteiger partial charge in [0.25, 0.3) is 10.1 Å². The lowest BCUT2D eigenvalue weighted by Gasteiger charge is -2.34. The number of benzene rings is 3. The molecular formula is C19H12Cl4O5S. The van der Waals surface area contributed by atoms with Crippen molar-refractivity contribution in [1.82, 2.24) is 0 Å². The maximum absolute atomic E-state index is 13.0. The maximum Gasteiger partial charge on any atom is 0.283 e. The van der Waals surface area contributed by atoms with Gasteiger partial charge in [-0.15, -0.1) is 0 Å². The molecule has 1 unspecified atom stereocenters. The second-order valence-corrected chi connectivity index (χ2v) is 9.19. The van der Waals surface area contributed by atoms with Crippen molar-refractivity contribution in [3.8, 4) is 11.5 Å². The Kier molecular flexibility index (Phi) is 5.98. The molecular weight excluding hydrogens is 482 g/mol. The fourth-order valence-electron chi connectivity index (χ4n) is 3.25. The van der Waals surface area contributed by atoms with Crippen LogP contribution in [0.1, 0.15) is 16.7 Å². The number of hydrogen-bond donors (Lipinski definition) is 3. The number of halogens is 4. The summed E-state index contributed by atoms with van der Waals surface area (Å²) in [4.78, 5) is 0. The van der Waals surface area contributed by atoms with Crippen LogP contribution in [0, 0.1) is 0 Å². The zero-order valence-corrected chi connectivity index (χ0v) is 18.1. The monoisotopic (exact) mass is 492 g/mol. The Balaban J connectivity index is 2.71. The molecule has 0 amide bonds. The Morgan fingerprint density at radius 1 is 0.724 bits per heavy atom. The molecule has 29 heavy (non-hydrogen) atoms. The highest BCUT2D eigenvalue weighted by Gasteiger charge is 2.54. The smallest absolute Gasteiger partial charge is 0.283 e. The standard InChI is InChI=1S/C19H12Cl4O5S/c20-12-6-2-1-4-10(12)19(29(26,27)28,11-5-3-7-13(21)17(11)23)16-15(24)9-8-14(22)18(16)25/h1-9,24-25H,(H,26,27,28). The van der Waals surface area contributed by atoms with Crippen LogP contribution in [0.3, 0.4) is 0 Å². The number of hydrogen-bond acceptors (Lipinski definition) is 4. The molecule has 0 aliphatic carbocycles. The Labute approximate surface area is 186 Å². The van der Waals surface area contributed by atoms with E-state index in [2.05, 4.69) is 0 Å². The molecule has 0 aliphatic heterocycles. The first kappa shape index (κ1) is 22.0. The van der Waals surface area contributed by atoms with Gasteiger partial charge >= 0.3 is 0 Å². The molecule has 0 aliphatic rings. The van der Waals surface area contributed by atoms with Crippen LogP contribution in [0.2, 0.25) is 20.1 Å². The third-order valence-electron chi connectivity index (χ3n) is 4.43. The topological polar surface area (TPSA) is 94.8 Å². The van der Waals surface area contributed by atoms with Gasteiger partial charge in [0.05, 0.1) is 20.6 Å².